The van der Waals surface area contributed by atoms with Gasteiger partial charge in [0.15, 0.2) is 0 Å². The van der Waals surface area contributed by atoms with Gasteiger partial charge in [-0.15, -0.1) is 0 Å². The summed E-state index contributed by atoms with van der Waals surface area (Å²) in [7, 11) is 0. The van der Waals surface area contributed by atoms with Gasteiger partial charge in [-0.1, -0.05) is 0 Å². The minimum Gasteiger partial charge on any atom is -0.366 e. The fourth-order valence-corrected chi connectivity index (χ4v) is 1.79. The van der Waals surface area contributed by atoms with Crippen LogP contribution in [0.1, 0.15) is 15.9 Å². The third-order valence-corrected chi connectivity index (χ3v) is 2.53. The Morgan fingerprint density at radius 1 is 1.33 bits per heavy atom. The fraction of sp³-hybridized carbons (Fsp3) is 0.125. The van der Waals surface area contributed by atoms with Crippen LogP contribution in [0.2, 0.25) is 0 Å². The van der Waals surface area contributed by atoms with Gasteiger partial charge in [-0.25, -0.2) is 4.39 Å². The van der Waals surface area contributed by atoms with Crippen LogP contribution in [0.4, 0.5) is 17.6 Å². The van der Waals surface area contributed by atoms with Crippen molar-refractivity contribution in [1.29, 1.82) is 0 Å². The van der Waals surface area contributed by atoms with Gasteiger partial charge < -0.3 is 5.73 Å². The first-order chi connectivity index (χ1) is 6.75. The van der Waals surface area contributed by atoms with Crippen LogP contribution in [0.5, 0.6) is 0 Å². The molecule has 0 unspecified atom stereocenters. The molecule has 82 valence electrons. The predicted molar refractivity (Wildman–Crippen MR) is 52.6 cm³/mol. The first kappa shape index (κ1) is 12.2. The van der Waals surface area contributed by atoms with Crippen LogP contribution in [0, 0.1) is 9.39 Å². The van der Waals surface area contributed by atoms with Gasteiger partial charge in [-0.05, 0) is 34.7 Å². The summed E-state index contributed by atoms with van der Waals surface area (Å²) in [4.78, 5) is 10.8. The van der Waals surface area contributed by atoms with Crippen molar-refractivity contribution >= 4 is 28.5 Å². The van der Waals surface area contributed by atoms with E-state index in [4.69, 9.17) is 5.73 Å². The summed E-state index contributed by atoms with van der Waals surface area (Å²) in [5, 5.41) is 0. The maximum atomic E-state index is 13.0. The molecule has 7 heteroatoms. The van der Waals surface area contributed by atoms with E-state index < -0.39 is 29.0 Å². The van der Waals surface area contributed by atoms with Crippen LogP contribution in [0.15, 0.2) is 12.1 Å². The molecule has 1 rings (SSSR count). The molecule has 0 aliphatic rings. The summed E-state index contributed by atoms with van der Waals surface area (Å²) in [6, 6.07) is 1.71. The van der Waals surface area contributed by atoms with Crippen LogP contribution < -0.4 is 5.73 Å². The number of alkyl halides is 3. The minimum absolute atomic E-state index is 0.0335. The molecule has 1 aromatic carbocycles. The van der Waals surface area contributed by atoms with Gasteiger partial charge in [0.1, 0.15) is 11.4 Å². The van der Waals surface area contributed by atoms with Crippen LogP contribution in [-0.4, -0.2) is 5.91 Å². The summed E-state index contributed by atoms with van der Waals surface area (Å²) in [5.41, 5.74) is 2.33. The van der Waals surface area contributed by atoms with E-state index in [2.05, 4.69) is 0 Å². The number of hydrogen-bond donors (Lipinski definition) is 1. The molecule has 1 aromatic rings. The molecular formula is C8H4F4INO. The SMILES string of the molecule is NC(=O)c1c(I)ccc(F)c1C(F)(F)F. The van der Waals surface area contributed by atoms with Crippen molar-refractivity contribution in [2.75, 3.05) is 0 Å². The smallest absolute Gasteiger partial charge is 0.366 e. The molecule has 0 radical (unpaired) electrons. The van der Waals surface area contributed by atoms with E-state index in [1.165, 1.54) is 22.6 Å². The van der Waals surface area contributed by atoms with E-state index >= 15 is 0 Å². The molecule has 0 aliphatic heterocycles. The molecule has 0 fully saturated rings. The Labute approximate surface area is 95.6 Å². The average molecular weight is 333 g/mol. The van der Waals surface area contributed by atoms with Gasteiger partial charge in [0.05, 0.1) is 5.56 Å². The molecule has 2 N–H and O–H groups in total. The summed E-state index contributed by atoms with van der Waals surface area (Å²) >= 11 is 1.49. The third kappa shape index (κ3) is 2.39. The Morgan fingerprint density at radius 2 is 1.87 bits per heavy atom. The summed E-state index contributed by atoms with van der Waals surface area (Å²) in [6.07, 6.45) is -4.93. The highest BCUT2D eigenvalue weighted by atomic mass is 127. The fourth-order valence-electron chi connectivity index (χ4n) is 1.07. The molecule has 0 saturated heterocycles. The predicted octanol–water partition coefficient (Wildman–Crippen LogP) is 2.55. The lowest BCUT2D eigenvalue weighted by Crippen LogP contribution is -2.22. The topological polar surface area (TPSA) is 43.1 Å². The highest BCUT2D eigenvalue weighted by Crippen LogP contribution is 2.35. The van der Waals surface area contributed by atoms with Crippen molar-refractivity contribution < 1.29 is 22.4 Å². The van der Waals surface area contributed by atoms with Crippen LogP contribution in [0.3, 0.4) is 0 Å². The van der Waals surface area contributed by atoms with Gasteiger partial charge in [0.25, 0.3) is 5.91 Å². The molecule has 0 spiro atoms. The second kappa shape index (κ2) is 3.95. The number of benzene rings is 1. The maximum absolute atomic E-state index is 13.0. The lowest BCUT2D eigenvalue weighted by Gasteiger charge is -2.12. The van der Waals surface area contributed by atoms with Gasteiger partial charge in [0.2, 0.25) is 0 Å². The second-order valence-corrected chi connectivity index (χ2v) is 3.80. The third-order valence-electron chi connectivity index (χ3n) is 1.63. The zero-order valence-electron chi connectivity index (χ0n) is 7.03. The highest BCUT2D eigenvalue weighted by Gasteiger charge is 2.39. The molecule has 1 amide bonds. The number of primary amides is 1. The number of hydrogen-bond acceptors (Lipinski definition) is 1. The standard InChI is InChI=1S/C8H4F4INO/c9-3-1-2-4(13)5(7(14)15)6(3)8(10,11)12/h1-2H,(H2,14,15). The first-order valence-corrected chi connectivity index (χ1v) is 4.68. The largest absolute Gasteiger partial charge is 0.420 e. The Kier molecular flexibility index (Phi) is 3.22. The molecule has 15 heavy (non-hydrogen) atoms. The van der Waals surface area contributed by atoms with E-state index in [0.717, 1.165) is 6.07 Å². The number of halogens is 5. The van der Waals surface area contributed by atoms with E-state index in [9.17, 15) is 22.4 Å². The summed E-state index contributed by atoms with van der Waals surface area (Å²) < 4.78 is 50.1. The van der Waals surface area contributed by atoms with E-state index in [1.807, 2.05) is 0 Å². The number of amides is 1. The van der Waals surface area contributed by atoms with Crippen molar-refractivity contribution in [3.63, 3.8) is 0 Å². The van der Waals surface area contributed by atoms with Crippen LogP contribution in [0.25, 0.3) is 0 Å². The van der Waals surface area contributed by atoms with E-state index in [1.54, 1.807) is 0 Å². The van der Waals surface area contributed by atoms with Crippen molar-refractivity contribution in [1.82, 2.24) is 0 Å². The molecule has 0 heterocycles. The first-order valence-electron chi connectivity index (χ1n) is 3.60. The second-order valence-electron chi connectivity index (χ2n) is 2.64. The van der Waals surface area contributed by atoms with Crippen molar-refractivity contribution in [3.8, 4) is 0 Å². The van der Waals surface area contributed by atoms with Crippen molar-refractivity contribution in [2.45, 2.75) is 6.18 Å². The minimum atomic E-state index is -4.93. The normalized spacial score (nSPS) is 11.5. The van der Waals surface area contributed by atoms with Crippen molar-refractivity contribution in [2.24, 2.45) is 5.73 Å². The molecule has 0 aliphatic carbocycles. The van der Waals surface area contributed by atoms with E-state index in [-0.39, 0.29) is 3.57 Å². The zero-order valence-corrected chi connectivity index (χ0v) is 9.19. The highest BCUT2D eigenvalue weighted by molar-refractivity contribution is 14.1. The van der Waals surface area contributed by atoms with Gasteiger partial charge in [0, 0.05) is 3.57 Å². The monoisotopic (exact) mass is 333 g/mol. The summed E-state index contributed by atoms with van der Waals surface area (Å²) in [5.74, 6) is -2.80. The molecule has 0 saturated carbocycles. The number of nitrogens with two attached hydrogens (primary N) is 1. The maximum Gasteiger partial charge on any atom is 0.420 e. The number of carbonyl (C=O) groups is 1. The Morgan fingerprint density at radius 3 is 2.20 bits per heavy atom. The Balaban J connectivity index is 3.60. The van der Waals surface area contributed by atoms with Gasteiger partial charge in [-0.3, -0.25) is 4.79 Å². The van der Waals surface area contributed by atoms with Gasteiger partial charge >= 0.3 is 6.18 Å². The Hall–Kier alpha value is -0.860. The Bertz CT molecular complexity index is 416. The van der Waals surface area contributed by atoms with Crippen LogP contribution >= 0.6 is 22.6 Å². The van der Waals surface area contributed by atoms with Gasteiger partial charge in [-0.2, -0.15) is 13.2 Å². The zero-order chi connectivity index (χ0) is 11.8. The lowest BCUT2D eigenvalue weighted by atomic mass is 10.1. The van der Waals surface area contributed by atoms with Crippen LogP contribution in [-0.2, 0) is 6.18 Å². The number of carbonyl (C=O) groups excluding carboxylic acids is 1. The van der Waals surface area contributed by atoms with Crippen molar-refractivity contribution in [3.05, 3.63) is 32.6 Å². The lowest BCUT2D eigenvalue weighted by molar-refractivity contribution is -0.140. The quantitative estimate of drug-likeness (QED) is 0.623. The number of rotatable bonds is 1. The molecule has 0 atom stereocenters. The average Bonchev–Trinajstić information content (AvgIpc) is 2.05. The molecule has 0 bridgehead atoms. The molecular weight excluding hydrogens is 329 g/mol. The summed E-state index contributed by atoms with van der Waals surface area (Å²) in [6.45, 7) is 0. The molecule has 0 aromatic heterocycles. The molecule has 2 nitrogen and oxygen atoms in total. The van der Waals surface area contributed by atoms with E-state index in [0.29, 0.717) is 6.07 Å².